The SMILES string of the molecule is CC(C)(C)NCc1cnn(-c2cccc(F)c2)c1C1CC1. The number of halogens is 1. The Hall–Kier alpha value is -1.68. The Labute approximate surface area is 125 Å². The zero-order valence-corrected chi connectivity index (χ0v) is 12.9. The lowest BCUT2D eigenvalue weighted by molar-refractivity contribution is 0.423. The van der Waals surface area contributed by atoms with Crippen LogP contribution in [0.5, 0.6) is 0 Å². The molecule has 21 heavy (non-hydrogen) atoms. The second-order valence-corrected chi connectivity index (χ2v) is 6.82. The second-order valence-electron chi connectivity index (χ2n) is 6.82. The molecule has 0 saturated heterocycles. The molecule has 1 fully saturated rings. The number of nitrogens with zero attached hydrogens (tertiary/aromatic N) is 2. The molecule has 0 amide bonds. The van der Waals surface area contributed by atoms with E-state index in [-0.39, 0.29) is 11.4 Å². The highest BCUT2D eigenvalue weighted by molar-refractivity contribution is 5.38. The highest BCUT2D eigenvalue weighted by Crippen LogP contribution is 2.42. The Kier molecular flexibility index (Phi) is 3.57. The molecule has 0 bridgehead atoms. The van der Waals surface area contributed by atoms with Crippen molar-refractivity contribution >= 4 is 0 Å². The van der Waals surface area contributed by atoms with Crippen LogP contribution in [0.3, 0.4) is 0 Å². The number of rotatable bonds is 4. The summed E-state index contributed by atoms with van der Waals surface area (Å²) < 4.78 is 15.4. The third-order valence-corrected chi connectivity index (χ3v) is 3.71. The quantitative estimate of drug-likeness (QED) is 0.927. The fourth-order valence-electron chi connectivity index (χ4n) is 2.49. The summed E-state index contributed by atoms with van der Waals surface area (Å²) >= 11 is 0. The third-order valence-electron chi connectivity index (χ3n) is 3.71. The van der Waals surface area contributed by atoms with Gasteiger partial charge in [-0.05, 0) is 51.8 Å². The smallest absolute Gasteiger partial charge is 0.125 e. The van der Waals surface area contributed by atoms with E-state index in [0.717, 1.165) is 12.2 Å². The molecule has 4 heteroatoms. The average Bonchev–Trinajstić information content (AvgIpc) is 3.15. The fourth-order valence-corrected chi connectivity index (χ4v) is 2.49. The van der Waals surface area contributed by atoms with Gasteiger partial charge in [-0.25, -0.2) is 9.07 Å². The van der Waals surface area contributed by atoms with Crippen molar-refractivity contribution in [2.24, 2.45) is 0 Å². The topological polar surface area (TPSA) is 29.9 Å². The van der Waals surface area contributed by atoms with Crippen molar-refractivity contribution in [2.75, 3.05) is 0 Å². The summed E-state index contributed by atoms with van der Waals surface area (Å²) in [5.74, 6) is 0.339. The Morgan fingerprint density at radius 2 is 2.10 bits per heavy atom. The molecule has 0 spiro atoms. The van der Waals surface area contributed by atoms with Crippen molar-refractivity contribution in [2.45, 2.75) is 51.6 Å². The third kappa shape index (κ3) is 3.32. The van der Waals surface area contributed by atoms with Crippen LogP contribution in [0.2, 0.25) is 0 Å². The van der Waals surface area contributed by atoms with Crippen molar-refractivity contribution in [3.8, 4) is 5.69 Å². The summed E-state index contributed by atoms with van der Waals surface area (Å²) in [5, 5.41) is 8.01. The van der Waals surface area contributed by atoms with Gasteiger partial charge in [0, 0.05) is 23.6 Å². The molecule has 2 aromatic rings. The van der Waals surface area contributed by atoms with Crippen molar-refractivity contribution in [1.82, 2.24) is 15.1 Å². The predicted molar refractivity (Wildman–Crippen MR) is 82.1 cm³/mol. The molecule has 0 unspecified atom stereocenters. The summed E-state index contributed by atoms with van der Waals surface area (Å²) in [7, 11) is 0. The monoisotopic (exact) mass is 287 g/mol. The predicted octanol–water partition coefficient (Wildman–Crippen LogP) is 3.78. The second kappa shape index (κ2) is 5.26. The van der Waals surface area contributed by atoms with Crippen LogP contribution in [0, 0.1) is 5.82 Å². The molecule has 0 radical (unpaired) electrons. The molecule has 112 valence electrons. The lowest BCUT2D eigenvalue weighted by Crippen LogP contribution is -2.35. The van der Waals surface area contributed by atoms with Gasteiger partial charge in [0.2, 0.25) is 0 Å². The molecule has 1 saturated carbocycles. The molecule has 1 aromatic heterocycles. The molecule has 1 heterocycles. The van der Waals surface area contributed by atoms with Crippen molar-refractivity contribution < 1.29 is 4.39 Å². The molecule has 1 N–H and O–H groups in total. The Morgan fingerprint density at radius 1 is 1.33 bits per heavy atom. The summed E-state index contributed by atoms with van der Waals surface area (Å²) in [6.45, 7) is 7.26. The van der Waals surface area contributed by atoms with E-state index in [2.05, 4.69) is 31.2 Å². The van der Waals surface area contributed by atoms with Crippen LogP contribution in [0.4, 0.5) is 4.39 Å². The summed E-state index contributed by atoms with van der Waals surface area (Å²) in [6.07, 6.45) is 4.31. The van der Waals surface area contributed by atoms with E-state index >= 15 is 0 Å². The maximum absolute atomic E-state index is 13.5. The van der Waals surface area contributed by atoms with Gasteiger partial charge in [-0.1, -0.05) is 6.07 Å². The first kappa shape index (κ1) is 14.3. The van der Waals surface area contributed by atoms with Gasteiger partial charge in [-0.2, -0.15) is 5.10 Å². The number of benzene rings is 1. The molecule has 1 aliphatic rings. The Morgan fingerprint density at radius 3 is 2.71 bits per heavy atom. The van der Waals surface area contributed by atoms with Gasteiger partial charge in [0.15, 0.2) is 0 Å². The highest BCUT2D eigenvalue weighted by Gasteiger charge is 2.30. The standard InChI is InChI=1S/C17H22FN3/c1-17(2,3)19-10-13-11-20-21(16(13)12-7-8-12)15-6-4-5-14(18)9-15/h4-6,9,11-12,19H,7-8,10H2,1-3H3. The molecule has 0 atom stereocenters. The largest absolute Gasteiger partial charge is 0.308 e. The van der Waals surface area contributed by atoms with Gasteiger partial charge in [0.05, 0.1) is 17.6 Å². The van der Waals surface area contributed by atoms with E-state index in [1.165, 1.54) is 30.2 Å². The molecule has 3 nitrogen and oxygen atoms in total. The van der Waals surface area contributed by atoms with Gasteiger partial charge in [-0.15, -0.1) is 0 Å². The van der Waals surface area contributed by atoms with Gasteiger partial charge in [-0.3, -0.25) is 0 Å². The number of aromatic nitrogens is 2. The van der Waals surface area contributed by atoms with Gasteiger partial charge >= 0.3 is 0 Å². The average molecular weight is 287 g/mol. The molecular formula is C17H22FN3. The maximum atomic E-state index is 13.5. The van der Waals surface area contributed by atoms with Gasteiger partial charge in [0.25, 0.3) is 0 Å². The summed E-state index contributed by atoms with van der Waals surface area (Å²) in [4.78, 5) is 0. The van der Waals surface area contributed by atoms with Crippen LogP contribution >= 0.6 is 0 Å². The maximum Gasteiger partial charge on any atom is 0.125 e. The van der Waals surface area contributed by atoms with Crippen LogP contribution in [0.1, 0.15) is 50.8 Å². The molecule has 1 aliphatic carbocycles. The first-order valence-corrected chi connectivity index (χ1v) is 7.52. The van der Waals surface area contributed by atoms with E-state index < -0.39 is 0 Å². The van der Waals surface area contributed by atoms with Crippen molar-refractivity contribution in [3.05, 3.63) is 47.5 Å². The van der Waals surface area contributed by atoms with Gasteiger partial charge < -0.3 is 5.32 Å². The number of nitrogens with one attached hydrogen (secondary N) is 1. The van der Waals surface area contributed by atoms with Crippen LogP contribution in [0.25, 0.3) is 5.69 Å². The zero-order valence-electron chi connectivity index (χ0n) is 12.9. The Bertz CT molecular complexity index is 636. The minimum Gasteiger partial charge on any atom is -0.308 e. The Balaban J connectivity index is 1.93. The normalized spacial score (nSPS) is 15.4. The summed E-state index contributed by atoms with van der Waals surface area (Å²) in [5.41, 5.74) is 3.33. The van der Waals surface area contributed by atoms with E-state index in [0.29, 0.717) is 5.92 Å². The molecule has 1 aromatic carbocycles. The van der Waals surface area contributed by atoms with Crippen LogP contribution < -0.4 is 5.32 Å². The van der Waals surface area contributed by atoms with Crippen LogP contribution in [-0.2, 0) is 6.54 Å². The van der Waals surface area contributed by atoms with E-state index in [1.807, 2.05) is 16.9 Å². The zero-order chi connectivity index (χ0) is 15.0. The van der Waals surface area contributed by atoms with E-state index in [4.69, 9.17) is 0 Å². The molecule has 3 rings (SSSR count). The van der Waals surface area contributed by atoms with Crippen LogP contribution in [-0.4, -0.2) is 15.3 Å². The number of hydrogen-bond donors (Lipinski definition) is 1. The minimum absolute atomic E-state index is 0.0712. The van der Waals surface area contributed by atoms with Crippen molar-refractivity contribution in [1.29, 1.82) is 0 Å². The van der Waals surface area contributed by atoms with E-state index in [1.54, 1.807) is 12.1 Å². The first-order valence-electron chi connectivity index (χ1n) is 7.52. The lowest BCUT2D eigenvalue weighted by atomic mass is 10.1. The van der Waals surface area contributed by atoms with Gasteiger partial charge in [0.1, 0.15) is 5.82 Å². The highest BCUT2D eigenvalue weighted by atomic mass is 19.1. The lowest BCUT2D eigenvalue weighted by Gasteiger charge is -2.20. The summed E-state index contributed by atoms with van der Waals surface area (Å²) in [6, 6.07) is 6.64. The van der Waals surface area contributed by atoms with Crippen molar-refractivity contribution in [3.63, 3.8) is 0 Å². The number of hydrogen-bond acceptors (Lipinski definition) is 2. The van der Waals surface area contributed by atoms with E-state index in [9.17, 15) is 4.39 Å². The van der Waals surface area contributed by atoms with Crippen LogP contribution in [0.15, 0.2) is 30.5 Å². The fraction of sp³-hybridized carbons (Fsp3) is 0.471. The minimum atomic E-state index is -0.223. The molecule has 0 aliphatic heterocycles. The molecular weight excluding hydrogens is 265 g/mol. The first-order chi connectivity index (χ1) is 9.94.